The predicted octanol–water partition coefficient (Wildman–Crippen LogP) is 0.245. The smallest absolute Gasteiger partial charge is 0.268 e. The van der Waals surface area contributed by atoms with Gasteiger partial charge in [0.05, 0.1) is 31.0 Å². The van der Waals surface area contributed by atoms with Crippen molar-refractivity contribution in [2.24, 2.45) is 5.84 Å². The third-order valence-electron chi connectivity index (χ3n) is 2.64. The molecule has 0 spiro atoms. The summed E-state index contributed by atoms with van der Waals surface area (Å²) < 4.78 is 10.3. The number of rotatable bonds is 8. The van der Waals surface area contributed by atoms with Crippen LogP contribution < -0.4 is 11.3 Å². The van der Waals surface area contributed by atoms with Crippen LogP contribution in [0.4, 0.5) is 0 Å². The van der Waals surface area contributed by atoms with E-state index in [2.05, 4.69) is 11.5 Å². The van der Waals surface area contributed by atoms with Crippen molar-refractivity contribution in [2.45, 2.75) is 13.0 Å². The van der Waals surface area contributed by atoms with E-state index < -0.39 is 5.91 Å². The number of hydrogen-bond acceptors (Lipinski definition) is 6. The van der Waals surface area contributed by atoms with E-state index in [1.165, 1.54) is 6.26 Å². The molecule has 0 saturated heterocycles. The summed E-state index contributed by atoms with van der Waals surface area (Å²) in [6.45, 7) is 2.22. The summed E-state index contributed by atoms with van der Waals surface area (Å²) in [5.74, 6) is 5.24. The minimum Gasteiger partial charge on any atom is -0.467 e. The van der Waals surface area contributed by atoms with Gasteiger partial charge >= 0.3 is 0 Å². The highest BCUT2D eigenvalue weighted by Crippen LogP contribution is 2.13. The Balaban J connectivity index is 2.69. The van der Waals surface area contributed by atoms with Gasteiger partial charge in [0.25, 0.3) is 5.91 Å². The molecule has 19 heavy (non-hydrogen) atoms. The molecule has 0 bridgehead atoms. The Kier molecular flexibility index (Phi) is 6.60. The van der Waals surface area contributed by atoms with Crippen molar-refractivity contribution in [1.29, 1.82) is 5.26 Å². The molecule has 1 rings (SSSR count). The van der Waals surface area contributed by atoms with Crippen molar-refractivity contribution >= 4 is 5.91 Å². The molecule has 1 aromatic rings. The molecule has 1 amide bonds. The number of ether oxygens (including phenoxy) is 1. The largest absolute Gasteiger partial charge is 0.467 e. The third-order valence-corrected chi connectivity index (χ3v) is 2.64. The third kappa shape index (κ3) is 4.71. The second-order valence-electron chi connectivity index (χ2n) is 3.91. The maximum Gasteiger partial charge on any atom is 0.268 e. The molecular formula is C12H18N4O3. The number of hydrazine groups is 1. The number of nitrogens with one attached hydrogen (secondary N) is 1. The molecule has 7 nitrogen and oxygen atoms in total. The van der Waals surface area contributed by atoms with Gasteiger partial charge in [0.15, 0.2) is 0 Å². The summed E-state index contributed by atoms with van der Waals surface area (Å²) in [5, 5.41) is 8.64. The highest BCUT2D eigenvalue weighted by molar-refractivity contribution is 5.94. The first-order chi connectivity index (χ1) is 9.22. The number of nitrogen functional groups attached to an aromatic ring is 1. The minimum absolute atomic E-state index is 0.393. The molecule has 104 valence electrons. The maximum atomic E-state index is 11.5. The molecule has 0 aromatic carbocycles. The van der Waals surface area contributed by atoms with Gasteiger partial charge in [0.1, 0.15) is 5.76 Å². The Hall–Kier alpha value is -1.88. The Morgan fingerprint density at radius 3 is 3.05 bits per heavy atom. The van der Waals surface area contributed by atoms with Crippen LogP contribution in [0, 0.1) is 11.3 Å². The molecule has 0 unspecified atom stereocenters. The van der Waals surface area contributed by atoms with E-state index in [-0.39, 0.29) is 0 Å². The lowest BCUT2D eigenvalue weighted by Crippen LogP contribution is -2.32. The number of amides is 1. The van der Waals surface area contributed by atoms with Gasteiger partial charge in [-0.3, -0.25) is 15.1 Å². The van der Waals surface area contributed by atoms with Gasteiger partial charge in [0.2, 0.25) is 0 Å². The first-order valence-corrected chi connectivity index (χ1v) is 5.88. The van der Waals surface area contributed by atoms with Gasteiger partial charge in [-0.15, -0.1) is 0 Å². The molecule has 0 atom stereocenters. The topological polar surface area (TPSA) is 105 Å². The van der Waals surface area contributed by atoms with Crippen molar-refractivity contribution < 1.29 is 13.9 Å². The quantitative estimate of drug-likeness (QED) is 0.397. The van der Waals surface area contributed by atoms with Crippen molar-refractivity contribution in [3.8, 4) is 6.07 Å². The van der Waals surface area contributed by atoms with Gasteiger partial charge in [-0.25, -0.2) is 5.84 Å². The number of carbonyl (C=O) groups is 1. The molecule has 1 aromatic heterocycles. The van der Waals surface area contributed by atoms with Gasteiger partial charge in [-0.1, -0.05) is 0 Å². The number of furan rings is 1. The molecule has 0 aliphatic rings. The average Bonchev–Trinajstić information content (AvgIpc) is 2.89. The van der Waals surface area contributed by atoms with E-state index in [1.807, 2.05) is 4.90 Å². The fraction of sp³-hybridized carbons (Fsp3) is 0.500. The van der Waals surface area contributed by atoms with Crippen LogP contribution in [0.3, 0.4) is 0 Å². The molecule has 0 aliphatic heterocycles. The molecule has 0 aliphatic carbocycles. The van der Waals surface area contributed by atoms with Gasteiger partial charge < -0.3 is 9.15 Å². The Bertz CT molecular complexity index is 438. The zero-order chi connectivity index (χ0) is 14.1. The van der Waals surface area contributed by atoms with Crippen molar-refractivity contribution in [3.63, 3.8) is 0 Å². The number of nitriles is 1. The Labute approximate surface area is 111 Å². The minimum atomic E-state index is -0.393. The number of nitrogens with zero attached hydrogens (tertiary/aromatic N) is 2. The monoisotopic (exact) mass is 266 g/mol. The van der Waals surface area contributed by atoms with Gasteiger partial charge in [0, 0.05) is 26.6 Å². The van der Waals surface area contributed by atoms with Crippen LogP contribution in [0.2, 0.25) is 0 Å². The number of hydrogen-bond donors (Lipinski definition) is 2. The van der Waals surface area contributed by atoms with Crippen molar-refractivity contribution in [1.82, 2.24) is 10.3 Å². The van der Waals surface area contributed by atoms with Crippen LogP contribution in [0.1, 0.15) is 22.5 Å². The van der Waals surface area contributed by atoms with E-state index in [0.717, 1.165) is 0 Å². The summed E-state index contributed by atoms with van der Waals surface area (Å²) in [4.78, 5) is 13.5. The SMILES string of the molecule is COCCN(CCC#N)Cc1occc1C(=O)NN. The van der Waals surface area contributed by atoms with E-state index in [0.29, 0.717) is 44.0 Å². The molecule has 3 N–H and O–H groups in total. The zero-order valence-corrected chi connectivity index (χ0v) is 10.9. The van der Waals surface area contributed by atoms with E-state index in [1.54, 1.807) is 13.2 Å². The lowest BCUT2D eigenvalue weighted by Gasteiger charge is -2.19. The summed E-state index contributed by atoms with van der Waals surface area (Å²) in [7, 11) is 1.61. The second kappa shape index (κ2) is 8.26. The Morgan fingerprint density at radius 2 is 2.42 bits per heavy atom. The fourth-order valence-corrected chi connectivity index (χ4v) is 1.64. The predicted molar refractivity (Wildman–Crippen MR) is 67.7 cm³/mol. The summed E-state index contributed by atoms with van der Waals surface area (Å²) in [6, 6.07) is 3.66. The number of methoxy groups -OCH3 is 1. The van der Waals surface area contributed by atoms with Crippen LogP contribution in [-0.4, -0.2) is 37.6 Å². The first kappa shape index (κ1) is 15.2. The molecule has 0 radical (unpaired) electrons. The zero-order valence-electron chi connectivity index (χ0n) is 10.9. The van der Waals surface area contributed by atoms with Crippen LogP contribution in [0.5, 0.6) is 0 Å². The molecule has 0 fully saturated rings. The average molecular weight is 266 g/mol. The molecular weight excluding hydrogens is 248 g/mol. The number of nitrogens with two attached hydrogens (primary N) is 1. The van der Waals surface area contributed by atoms with E-state index in [9.17, 15) is 4.79 Å². The maximum absolute atomic E-state index is 11.5. The lowest BCUT2D eigenvalue weighted by molar-refractivity contribution is 0.0948. The van der Waals surface area contributed by atoms with Gasteiger partial charge in [-0.2, -0.15) is 5.26 Å². The van der Waals surface area contributed by atoms with Crippen LogP contribution in [0.25, 0.3) is 0 Å². The number of carbonyl (C=O) groups excluding carboxylic acids is 1. The summed E-state index contributed by atoms with van der Waals surface area (Å²) in [5.41, 5.74) is 2.48. The molecule has 7 heteroatoms. The first-order valence-electron chi connectivity index (χ1n) is 5.88. The molecule has 1 heterocycles. The normalized spacial score (nSPS) is 10.4. The van der Waals surface area contributed by atoms with Crippen LogP contribution in [-0.2, 0) is 11.3 Å². The highest BCUT2D eigenvalue weighted by Gasteiger charge is 2.16. The fourth-order valence-electron chi connectivity index (χ4n) is 1.64. The van der Waals surface area contributed by atoms with Crippen LogP contribution >= 0.6 is 0 Å². The van der Waals surface area contributed by atoms with Gasteiger partial charge in [-0.05, 0) is 6.07 Å². The standard InChI is InChI=1S/C12H18N4O3/c1-18-8-6-16(5-2-4-13)9-11-10(3-7-19-11)12(17)15-14/h3,7H,2,5-6,8-9,14H2,1H3,(H,15,17). The Morgan fingerprint density at radius 1 is 1.63 bits per heavy atom. The second-order valence-corrected chi connectivity index (χ2v) is 3.91. The van der Waals surface area contributed by atoms with Crippen molar-refractivity contribution in [3.05, 3.63) is 23.7 Å². The lowest BCUT2D eigenvalue weighted by atomic mass is 10.2. The summed E-state index contributed by atoms with van der Waals surface area (Å²) in [6.07, 6.45) is 1.85. The van der Waals surface area contributed by atoms with Crippen molar-refractivity contribution in [2.75, 3.05) is 26.8 Å². The summed E-state index contributed by atoms with van der Waals surface area (Å²) >= 11 is 0. The highest BCUT2D eigenvalue weighted by atomic mass is 16.5. The van der Waals surface area contributed by atoms with E-state index in [4.69, 9.17) is 20.3 Å². The molecule has 0 saturated carbocycles. The van der Waals surface area contributed by atoms with E-state index >= 15 is 0 Å². The van der Waals surface area contributed by atoms with Crippen LogP contribution in [0.15, 0.2) is 16.7 Å².